The molecule has 0 aromatic carbocycles. The van der Waals surface area contributed by atoms with Crippen LogP contribution in [0.5, 0.6) is 0 Å². The normalized spacial score (nSPS) is 11.4. The number of amides is 1. The van der Waals surface area contributed by atoms with E-state index in [9.17, 15) is 13.2 Å². The summed E-state index contributed by atoms with van der Waals surface area (Å²) in [6.07, 6.45) is 1.81. The summed E-state index contributed by atoms with van der Waals surface area (Å²) in [4.78, 5) is 13.0. The number of hydrogen-bond acceptors (Lipinski definition) is 4. The fraction of sp³-hybridized carbons (Fsp3) is 0.444. The molecule has 0 aliphatic heterocycles. The van der Waals surface area contributed by atoms with Gasteiger partial charge in [0.15, 0.2) is 0 Å². The zero-order valence-electron chi connectivity index (χ0n) is 8.83. The minimum Gasteiger partial charge on any atom is -0.267 e. The van der Waals surface area contributed by atoms with Gasteiger partial charge >= 0.3 is 0 Å². The van der Waals surface area contributed by atoms with Crippen molar-refractivity contribution in [2.75, 3.05) is 6.26 Å². The fourth-order valence-corrected chi connectivity index (χ4v) is 2.72. The maximum absolute atomic E-state index is 11.5. The quantitative estimate of drug-likeness (QED) is 0.876. The summed E-state index contributed by atoms with van der Waals surface area (Å²) in [7, 11) is -3.47. The van der Waals surface area contributed by atoms with Crippen molar-refractivity contribution in [3.63, 3.8) is 0 Å². The average molecular weight is 247 g/mol. The molecule has 0 aliphatic carbocycles. The van der Waals surface area contributed by atoms with Gasteiger partial charge in [0.1, 0.15) is 0 Å². The molecule has 0 bridgehead atoms. The number of aryl methyl sites for hydroxylation is 2. The van der Waals surface area contributed by atoms with Crippen LogP contribution in [0.3, 0.4) is 0 Å². The van der Waals surface area contributed by atoms with Gasteiger partial charge in [0, 0.05) is 4.88 Å². The maximum atomic E-state index is 11.5. The van der Waals surface area contributed by atoms with Crippen LogP contribution in [-0.4, -0.2) is 20.6 Å². The Kier molecular flexibility index (Phi) is 3.51. The first-order valence-electron chi connectivity index (χ1n) is 4.45. The van der Waals surface area contributed by atoms with Crippen LogP contribution in [0.4, 0.5) is 0 Å². The Morgan fingerprint density at radius 1 is 1.53 bits per heavy atom. The Morgan fingerprint density at radius 2 is 2.13 bits per heavy atom. The van der Waals surface area contributed by atoms with Crippen LogP contribution in [0.2, 0.25) is 0 Å². The Labute approximate surface area is 93.4 Å². The van der Waals surface area contributed by atoms with E-state index in [1.165, 1.54) is 11.3 Å². The van der Waals surface area contributed by atoms with Crippen molar-refractivity contribution in [3.8, 4) is 0 Å². The first-order valence-corrected chi connectivity index (χ1v) is 7.15. The van der Waals surface area contributed by atoms with E-state index in [-0.39, 0.29) is 0 Å². The number of hydrogen-bond donors (Lipinski definition) is 1. The van der Waals surface area contributed by atoms with Crippen molar-refractivity contribution in [1.82, 2.24) is 4.72 Å². The Morgan fingerprint density at radius 3 is 2.53 bits per heavy atom. The molecule has 1 heterocycles. The minimum absolute atomic E-state index is 0.440. The van der Waals surface area contributed by atoms with Crippen LogP contribution in [-0.2, 0) is 16.4 Å². The van der Waals surface area contributed by atoms with Gasteiger partial charge < -0.3 is 0 Å². The second-order valence-corrected chi connectivity index (χ2v) is 6.16. The Bertz CT molecular complexity index is 474. The molecule has 15 heavy (non-hydrogen) atoms. The average Bonchev–Trinajstić information content (AvgIpc) is 2.43. The molecule has 0 saturated carbocycles. The van der Waals surface area contributed by atoms with Gasteiger partial charge in [-0.05, 0) is 25.0 Å². The van der Waals surface area contributed by atoms with Crippen molar-refractivity contribution >= 4 is 27.3 Å². The summed E-state index contributed by atoms with van der Waals surface area (Å²) in [5.41, 5.74) is 1.03. The smallest absolute Gasteiger partial charge is 0.267 e. The third-order valence-electron chi connectivity index (χ3n) is 1.84. The summed E-state index contributed by atoms with van der Waals surface area (Å²) in [6, 6.07) is 1.71. The molecule has 6 heteroatoms. The molecule has 1 rings (SSSR count). The van der Waals surface area contributed by atoms with Gasteiger partial charge in [-0.15, -0.1) is 11.3 Å². The van der Waals surface area contributed by atoms with Crippen LogP contribution in [0.1, 0.15) is 27.0 Å². The summed E-state index contributed by atoms with van der Waals surface area (Å²) in [6.45, 7) is 3.91. The van der Waals surface area contributed by atoms with Gasteiger partial charge in [0.2, 0.25) is 10.0 Å². The number of nitrogens with one attached hydrogen (secondary N) is 1. The summed E-state index contributed by atoms with van der Waals surface area (Å²) >= 11 is 1.33. The van der Waals surface area contributed by atoms with Crippen LogP contribution in [0, 0.1) is 6.92 Å². The third-order valence-corrected chi connectivity index (χ3v) is 3.78. The molecule has 0 spiro atoms. The standard InChI is InChI=1S/C9H13NO3S2/c1-4-7-6(2)5-8(14-7)9(11)10-15(3,12)13/h5H,4H2,1-3H3,(H,10,11). The molecule has 1 aromatic heterocycles. The number of rotatable bonds is 3. The van der Waals surface area contributed by atoms with Gasteiger partial charge in [-0.25, -0.2) is 13.1 Å². The Hall–Kier alpha value is -0.880. The molecule has 0 aliphatic rings. The summed E-state index contributed by atoms with van der Waals surface area (Å²) < 4.78 is 23.6. The monoisotopic (exact) mass is 247 g/mol. The highest BCUT2D eigenvalue weighted by Crippen LogP contribution is 2.22. The topological polar surface area (TPSA) is 63.2 Å². The zero-order chi connectivity index (χ0) is 11.6. The van der Waals surface area contributed by atoms with Crippen molar-refractivity contribution in [1.29, 1.82) is 0 Å². The van der Waals surface area contributed by atoms with Crippen molar-refractivity contribution in [3.05, 3.63) is 21.4 Å². The van der Waals surface area contributed by atoms with Gasteiger partial charge in [0.25, 0.3) is 5.91 Å². The summed E-state index contributed by atoms with van der Waals surface area (Å²) in [5.74, 6) is -0.551. The van der Waals surface area contributed by atoms with Gasteiger partial charge in [-0.1, -0.05) is 6.92 Å². The number of thiophene rings is 1. The highest BCUT2D eigenvalue weighted by Gasteiger charge is 2.14. The van der Waals surface area contributed by atoms with Gasteiger partial charge in [0.05, 0.1) is 11.1 Å². The van der Waals surface area contributed by atoms with Crippen molar-refractivity contribution in [2.45, 2.75) is 20.3 Å². The number of sulfonamides is 1. The molecule has 1 N–H and O–H groups in total. The van der Waals surface area contributed by atoms with Crippen molar-refractivity contribution < 1.29 is 13.2 Å². The second-order valence-electron chi connectivity index (χ2n) is 3.27. The van der Waals surface area contributed by atoms with E-state index < -0.39 is 15.9 Å². The second kappa shape index (κ2) is 4.32. The van der Waals surface area contributed by atoms with E-state index in [1.807, 2.05) is 18.6 Å². The molecule has 0 fully saturated rings. The largest absolute Gasteiger partial charge is 0.274 e. The lowest BCUT2D eigenvalue weighted by Gasteiger charge is -1.98. The molecule has 1 aromatic rings. The van der Waals surface area contributed by atoms with Crippen molar-refractivity contribution in [2.24, 2.45) is 0 Å². The maximum Gasteiger partial charge on any atom is 0.274 e. The predicted molar refractivity (Wildman–Crippen MR) is 60.7 cm³/mol. The van der Waals surface area contributed by atoms with Gasteiger partial charge in [-0.3, -0.25) is 4.79 Å². The first-order chi connectivity index (χ1) is 6.83. The minimum atomic E-state index is -3.47. The highest BCUT2D eigenvalue weighted by molar-refractivity contribution is 7.89. The van der Waals surface area contributed by atoms with E-state index >= 15 is 0 Å². The van der Waals surface area contributed by atoms with E-state index in [1.54, 1.807) is 6.07 Å². The first kappa shape index (κ1) is 12.2. The molecule has 4 nitrogen and oxygen atoms in total. The molecule has 1 amide bonds. The predicted octanol–water partition coefficient (Wildman–Crippen LogP) is 1.31. The lowest BCUT2D eigenvalue weighted by Crippen LogP contribution is -2.28. The lowest BCUT2D eigenvalue weighted by atomic mass is 10.2. The highest BCUT2D eigenvalue weighted by atomic mass is 32.2. The summed E-state index contributed by atoms with van der Waals surface area (Å²) in [5, 5.41) is 0. The Balaban J connectivity index is 2.93. The molecular formula is C9H13NO3S2. The molecule has 0 radical (unpaired) electrons. The molecule has 0 atom stereocenters. The molecule has 84 valence electrons. The molecule has 0 unspecified atom stereocenters. The van der Waals surface area contributed by atoms with E-state index in [0.717, 1.165) is 23.1 Å². The van der Waals surface area contributed by atoms with Crippen LogP contribution >= 0.6 is 11.3 Å². The lowest BCUT2D eigenvalue weighted by molar-refractivity contribution is 0.0985. The van der Waals surface area contributed by atoms with Gasteiger partial charge in [-0.2, -0.15) is 0 Å². The molecule has 0 saturated heterocycles. The fourth-order valence-electron chi connectivity index (χ4n) is 1.20. The van der Waals surface area contributed by atoms with Crippen LogP contribution in [0.25, 0.3) is 0 Å². The number of carbonyl (C=O) groups is 1. The number of carbonyl (C=O) groups excluding carboxylic acids is 1. The third kappa shape index (κ3) is 3.32. The van der Waals surface area contributed by atoms with Crippen LogP contribution in [0.15, 0.2) is 6.07 Å². The van der Waals surface area contributed by atoms with E-state index in [4.69, 9.17) is 0 Å². The van der Waals surface area contributed by atoms with E-state index in [0.29, 0.717) is 4.88 Å². The van der Waals surface area contributed by atoms with Crippen LogP contribution < -0.4 is 4.72 Å². The SMILES string of the molecule is CCc1sc(C(=O)NS(C)(=O)=O)cc1C. The van der Waals surface area contributed by atoms with E-state index in [2.05, 4.69) is 0 Å². The zero-order valence-corrected chi connectivity index (χ0v) is 10.5. The molecular weight excluding hydrogens is 234 g/mol.